The zero-order chi connectivity index (χ0) is 21.1. The van der Waals surface area contributed by atoms with E-state index in [2.05, 4.69) is 19.2 Å². The topological polar surface area (TPSA) is 67.9 Å². The average Bonchev–Trinajstić information content (AvgIpc) is 3.41. The zero-order valence-corrected chi connectivity index (χ0v) is 17.5. The molecule has 1 N–H and O–H groups in total. The first-order chi connectivity index (χ1) is 14.4. The normalized spacial score (nSPS) is 17.8. The third-order valence-corrected chi connectivity index (χ3v) is 5.93. The van der Waals surface area contributed by atoms with Crippen molar-refractivity contribution < 1.29 is 19.1 Å². The van der Waals surface area contributed by atoms with Gasteiger partial charge in [-0.05, 0) is 36.1 Å². The fraction of sp³-hybridized carbons (Fsp3) is 0.417. The fourth-order valence-electron chi connectivity index (χ4n) is 4.06. The Kier molecular flexibility index (Phi) is 5.66. The average molecular weight is 408 g/mol. The molecule has 1 atom stereocenters. The summed E-state index contributed by atoms with van der Waals surface area (Å²) in [6.45, 7) is 5.51. The number of carbonyl (C=O) groups is 2. The van der Waals surface area contributed by atoms with Gasteiger partial charge in [0, 0.05) is 18.5 Å². The Morgan fingerprint density at radius 2 is 1.87 bits per heavy atom. The maximum Gasteiger partial charge on any atom is 0.242 e. The summed E-state index contributed by atoms with van der Waals surface area (Å²) >= 11 is 0. The summed E-state index contributed by atoms with van der Waals surface area (Å²) in [5, 5.41) is 3.07. The van der Waals surface area contributed by atoms with Crippen molar-refractivity contribution in [2.24, 2.45) is 0 Å². The lowest BCUT2D eigenvalue weighted by atomic mass is 9.84. The van der Waals surface area contributed by atoms with Gasteiger partial charge in [-0.25, -0.2) is 0 Å². The summed E-state index contributed by atoms with van der Waals surface area (Å²) in [5.41, 5.74) is 1.75. The number of nitrogens with one attached hydrogen (secondary N) is 1. The Morgan fingerprint density at radius 3 is 2.67 bits per heavy atom. The minimum absolute atomic E-state index is 0.00822. The van der Waals surface area contributed by atoms with Gasteiger partial charge in [-0.1, -0.05) is 50.2 Å². The third-order valence-electron chi connectivity index (χ3n) is 5.93. The Balaban J connectivity index is 1.37. The second-order valence-corrected chi connectivity index (χ2v) is 8.58. The van der Waals surface area contributed by atoms with Crippen LogP contribution in [0.25, 0.3) is 0 Å². The molecule has 0 saturated carbocycles. The number of fused-ring (bicyclic) bond motifs is 1. The van der Waals surface area contributed by atoms with Crippen molar-refractivity contribution >= 4 is 11.8 Å². The van der Waals surface area contributed by atoms with Gasteiger partial charge in [0.05, 0.1) is 6.42 Å². The Morgan fingerprint density at radius 1 is 1.10 bits per heavy atom. The van der Waals surface area contributed by atoms with Crippen LogP contribution in [0, 0.1) is 0 Å². The highest BCUT2D eigenvalue weighted by Gasteiger charge is 2.35. The number of carbonyl (C=O) groups excluding carboxylic acids is 2. The van der Waals surface area contributed by atoms with E-state index >= 15 is 0 Å². The predicted octanol–water partition coefficient (Wildman–Crippen LogP) is 3.04. The lowest BCUT2D eigenvalue weighted by Crippen LogP contribution is -2.48. The van der Waals surface area contributed by atoms with Crippen LogP contribution in [0.4, 0.5) is 0 Å². The first kappa shape index (κ1) is 20.3. The number of hydrogen-bond acceptors (Lipinski definition) is 4. The molecule has 158 valence electrons. The van der Waals surface area contributed by atoms with Gasteiger partial charge in [0.2, 0.25) is 18.6 Å². The second kappa shape index (κ2) is 8.38. The third kappa shape index (κ3) is 4.27. The number of benzene rings is 2. The van der Waals surface area contributed by atoms with Gasteiger partial charge in [-0.3, -0.25) is 9.59 Å². The monoisotopic (exact) mass is 408 g/mol. The van der Waals surface area contributed by atoms with E-state index in [-0.39, 0.29) is 24.0 Å². The molecule has 30 heavy (non-hydrogen) atoms. The highest BCUT2D eigenvalue weighted by molar-refractivity contribution is 5.89. The molecule has 2 aromatic rings. The lowest BCUT2D eigenvalue weighted by molar-refractivity contribution is -0.138. The molecule has 2 aliphatic rings. The van der Waals surface area contributed by atoms with E-state index in [1.807, 2.05) is 48.5 Å². The summed E-state index contributed by atoms with van der Waals surface area (Å²) in [6.07, 6.45) is 1.88. The van der Waals surface area contributed by atoms with Crippen molar-refractivity contribution in [3.05, 3.63) is 59.7 Å². The minimum Gasteiger partial charge on any atom is -0.454 e. The molecular weight excluding hydrogens is 380 g/mol. The van der Waals surface area contributed by atoms with Crippen molar-refractivity contribution in [3.8, 4) is 11.5 Å². The Bertz CT molecular complexity index is 926. The number of nitrogens with zero attached hydrogens (tertiary/aromatic N) is 1. The van der Waals surface area contributed by atoms with Crippen molar-refractivity contribution in [2.75, 3.05) is 19.9 Å². The molecule has 2 amide bonds. The number of hydrogen-bond donors (Lipinski definition) is 1. The van der Waals surface area contributed by atoms with Crippen LogP contribution in [0.3, 0.4) is 0 Å². The van der Waals surface area contributed by atoms with E-state index in [0.29, 0.717) is 25.9 Å². The van der Waals surface area contributed by atoms with Crippen LogP contribution in [0.5, 0.6) is 11.5 Å². The van der Waals surface area contributed by atoms with Crippen LogP contribution >= 0.6 is 0 Å². The van der Waals surface area contributed by atoms with Gasteiger partial charge in [0.25, 0.3) is 0 Å². The van der Waals surface area contributed by atoms with E-state index in [9.17, 15) is 9.59 Å². The van der Waals surface area contributed by atoms with Gasteiger partial charge in [-0.15, -0.1) is 0 Å². The molecule has 1 saturated heterocycles. The summed E-state index contributed by atoms with van der Waals surface area (Å²) in [5.74, 6) is 1.41. The molecule has 0 bridgehead atoms. The zero-order valence-electron chi connectivity index (χ0n) is 17.5. The molecule has 1 fully saturated rings. The molecule has 2 aromatic carbocycles. The first-order valence-corrected chi connectivity index (χ1v) is 10.5. The SMILES string of the molecule is CC(C)(CNC(=O)C1CCCN1C(=O)Cc1ccccc1)c1ccc2c(c1)OCO2. The van der Waals surface area contributed by atoms with Gasteiger partial charge < -0.3 is 19.7 Å². The summed E-state index contributed by atoms with van der Waals surface area (Å²) in [4.78, 5) is 27.4. The van der Waals surface area contributed by atoms with E-state index in [0.717, 1.165) is 29.0 Å². The minimum atomic E-state index is -0.395. The molecule has 0 aromatic heterocycles. The van der Waals surface area contributed by atoms with E-state index in [1.54, 1.807) is 4.90 Å². The summed E-state index contributed by atoms with van der Waals surface area (Å²) in [6, 6.07) is 15.2. The number of rotatable bonds is 6. The summed E-state index contributed by atoms with van der Waals surface area (Å²) in [7, 11) is 0. The second-order valence-electron chi connectivity index (χ2n) is 8.58. The number of likely N-dealkylation sites (tertiary alicyclic amines) is 1. The Hall–Kier alpha value is -3.02. The molecule has 6 nitrogen and oxygen atoms in total. The van der Waals surface area contributed by atoms with Gasteiger partial charge in [0.15, 0.2) is 11.5 Å². The molecule has 2 heterocycles. The maximum absolute atomic E-state index is 12.9. The van der Waals surface area contributed by atoms with Crippen molar-refractivity contribution in [2.45, 2.75) is 44.6 Å². The smallest absolute Gasteiger partial charge is 0.242 e. The van der Waals surface area contributed by atoms with E-state index in [1.165, 1.54) is 0 Å². The Labute approximate surface area is 177 Å². The van der Waals surface area contributed by atoms with Crippen LogP contribution in [0.1, 0.15) is 37.8 Å². The molecular formula is C24H28N2O4. The molecule has 2 aliphatic heterocycles. The van der Waals surface area contributed by atoms with Crippen LogP contribution in [0.15, 0.2) is 48.5 Å². The number of ether oxygens (including phenoxy) is 2. The summed E-state index contributed by atoms with van der Waals surface area (Å²) < 4.78 is 10.9. The van der Waals surface area contributed by atoms with E-state index in [4.69, 9.17) is 9.47 Å². The molecule has 0 radical (unpaired) electrons. The molecule has 0 spiro atoms. The van der Waals surface area contributed by atoms with Crippen LogP contribution in [-0.2, 0) is 21.4 Å². The largest absolute Gasteiger partial charge is 0.454 e. The molecule has 6 heteroatoms. The van der Waals surface area contributed by atoms with Crippen LogP contribution in [0.2, 0.25) is 0 Å². The molecule has 0 aliphatic carbocycles. The van der Waals surface area contributed by atoms with Gasteiger partial charge in [0.1, 0.15) is 6.04 Å². The highest BCUT2D eigenvalue weighted by atomic mass is 16.7. The number of amides is 2. The van der Waals surface area contributed by atoms with Crippen LogP contribution in [-0.4, -0.2) is 42.6 Å². The lowest BCUT2D eigenvalue weighted by Gasteiger charge is -2.29. The van der Waals surface area contributed by atoms with Crippen molar-refractivity contribution in [1.29, 1.82) is 0 Å². The molecule has 4 rings (SSSR count). The van der Waals surface area contributed by atoms with Crippen molar-refractivity contribution in [1.82, 2.24) is 10.2 Å². The molecule has 1 unspecified atom stereocenters. The van der Waals surface area contributed by atoms with Crippen molar-refractivity contribution in [3.63, 3.8) is 0 Å². The fourth-order valence-corrected chi connectivity index (χ4v) is 4.06. The standard InChI is InChI=1S/C24H28N2O4/c1-24(2,18-10-11-20-21(14-18)30-16-29-20)15-25-23(28)19-9-6-12-26(19)22(27)13-17-7-4-3-5-8-17/h3-5,7-8,10-11,14,19H,6,9,12-13,15-16H2,1-2H3,(H,25,28). The van der Waals surface area contributed by atoms with Crippen LogP contribution < -0.4 is 14.8 Å². The van der Waals surface area contributed by atoms with Gasteiger partial charge in [-0.2, -0.15) is 0 Å². The maximum atomic E-state index is 12.9. The quantitative estimate of drug-likeness (QED) is 0.798. The first-order valence-electron chi connectivity index (χ1n) is 10.5. The van der Waals surface area contributed by atoms with E-state index < -0.39 is 6.04 Å². The highest BCUT2D eigenvalue weighted by Crippen LogP contribution is 2.36. The van der Waals surface area contributed by atoms with Gasteiger partial charge >= 0.3 is 0 Å². The predicted molar refractivity (Wildman–Crippen MR) is 113 cm³/mol.